The number of benzene rings is 1. The van der Waals surface area contributed by atoms with Gasteiger partial charge in [0.15, 0.2) is 0 Å². The molecule has 0 unspecified atom stereocenters. The summed E-state index contributed by atoms with van der Waals surface area (Å²) in [7, 11) is 0. The number of fused-ring (bicyclic) bond motifs is 1. The first-order chi connectivity index (χ1) is 10.2. The Kier molecular flexibility index (Phi) is 4.08. The number of para-hydroxylation sites is 1. The largest absolute Gasteiger partial charge is 0.395 e. The summed E-state index contributed by atoms with van der Waals surface area (Å²) in [5.74, 6) is -0.151. The third-order valence-corrected chi connectivity index (χ3v) is 4.31. The minimum atomic E-state index is -0.151. The predicted octanol–water partition coefficient (Wildman–Crippen LogP) is 2.88. The average Bonchev–Trinajstić information content (AvgIpc) is 2.44. The summed E-state index contributed by atoms with van der Waals surface area (Å²) in [6.45, 7) is 0.305. The number of rotatable bonds is 4. The molecule has 1 fully saturated rings. The van der Waals surface area contributed by atoms with Gasteiger partial charge in [0.05, 0.1) is 17.1 Å². The van der Waals surface area contributed by atoms with Crippen LogP contribution in [-0.2, 0) is 0 Å². The summed E-state index contributed by atoms with van der Waals surface area (Å²) in [6.07, 6.45) is 3.12. The van der Waals surface area contributed by atoms with Gasteiger partial charge in [-0.1, -0.05) is 29.8 Å². The second-order valence-corrected chi connectivity index (χ2v) is 5.72. The first kappa shape index (κ1) is 14.3. The van der Waals surface area contributed by atoms with Crippen LogP contribution in [0.4, 0.5) is 0 Å². The van der Waals surface area contributed by atoms with Crippen molar-refractivity contribution >= 4 is 28.4 Å². The van der Waals surface area contributed by atoms with Crippen LogP contribution in [0.2, 0.25) is 5.02 Å². The van der Waals surface area contributed by atoms with Crippen LogP contribution in [0.15, 0.2) is 30.3 Å². The topological polar surface area (TPSA) is 53.4 Å². The zero-order chi connectivity index (χ0) is 14.8. The fourth-order valence-electron chi connectivity index (χ4n) is 2.65. The number of aliphatic hydroxyl groups excluding tert-OH is 1. The highest BCUT2D eigenvalue weighted by atomic mass is 35.5. The van der Waals surface area contributed by atoms with Crippen LogP contribution in [0.25, 0.3) is 10.9 Å². The van der Waals surface area contributed by atoms with Gasteiger partial charge in [-0.05, 0) is 31.4 Å². The molecule has 21 heavy (non-hydrogen) atoms. The highest BCUT2D eigenvalue weighted by Gasteiger charge is 2.29. The normalized spacial score (nSPS) is 15.0. The van der Waals surface area contributed by atoms with E-state index in [-0.39, 0.29) is 18.6 Å². The number of carbonyl (C=O) groups excluding carboxylic acids is 1. The van der Waals surface area contributed by atoms with Gasteiger partial charge < -0.3 is 10.0 Å². The lowest BCUT2D eigenvalue weighted by Gasteiger charge is -2.37. The molecule has 0 radical (unpaired) electrons. The van der Waals surface area contributed by atoms with E-state index < -0.39 is 0 Å². The summed E-state index contributed by atoms with van der Waals surface area (Å²) < 4.78 is 0. The van der Waals surface area contributed by atoms with Gasteiger partial charge in [-0.2, -0.15) is 0 Å². The molecule has 1 aliphatic rings. The SMILES string of the molecule is O=C(c1cc(Cl)c2ccccc2n1)N(CCO)C1CCC1. The molecule has 1 heterocycles. The van der Waals surface area contributed by atoms with Crippen molar-refractivity contribution in [2.24, 2.45) is 0 Å². The van der Waals surface area contributed by atoms with E-state index in [0.29, 0.717) is 22.8 Å². The molecular formula is C16H17ClN2O2. The maximum Gasteiger partial charge on any atom is 0.272 e. The standard InChI is InChI=1S/C16H17ClN2O2/c17-13-10-15(18-14-7-2-1-6-12(13)14)16(21)19(8-9-20)11-4-3-5-11/h1-2,6-7,10-11,20H,3-5,8-9H2. The highest BCUT2D eigenvalue weighted by Crippen LogP contribution is 2.28. The molecule has 0 atom stereocenters. The first-order valence-corrected chi connectivity index (χ1v) is 7.55. The number of pyridine rings is 1. The van der Waals surface area contributed by atoms with E-state index in [0.717, 1.165) is 24.6 Å². The maximum absolute atomic E-state index is 12.7. The summed E-state index contributed by atoms with van der Waals surface area (Å²) in [6, 6.07) is 9.33. The Morgan fingerprint density at radius 3 is 2.81 bits per heavy atom. The molecule has 1 saturated carbocycles. The van der Waals surface area contributed by atoms with Gasteiger partial charge in [0.1, 0.15) is 5.69 Å². The monoisotopic (exact) mass is 304 g/mol. The Balaban J connectivity index is 1.96. The van der Waals surface area contributed by atoms with E-state index in [1.165, 1.54) is 0 Å². The third kappa shape index (κ3) is 2.74. The van der Waals surface area contributed by atoms with E-state index in [4.69, 9.17) is 11.6 Å². The Hall–Kier alpha value is -1.65. The lowest BCUT2D eigenvalue weighted by molar-refractivity contribution is 0.0520. The van der Waals surface area contributed by atoms with E-state index in [2.05, 4.69) is 4.98 Å². The molecule has 1 aromatic carbocycles. The molecule has 110 valence electrons. The summed E-state index contributed by atoms with van der Waals surface area (Å²) in [4.78, 5) is 18.8. The van der Waals surface area contributed by atoms with Gasteiger partial charge in [-0.3, -0.25) is 4.79 Å². The van der Waals surface area contributed by atoms with Crippen molar-refractivity contribution in [3.8, 4) is 0 Å². The maximum atomic E-state index is 12.7. The number of hydrogen-bond donors (Lipinski definition) is 1. The number of aromatic nitrogens is 1. The molecule has 1 amide bonds. The molecule has 0 saturated heterocycles. The van der Waals surface area contributed by atoms with Crippen molar-refractivity contribution in [2.75, 3.05) is 13.2 Å². The number of amides is 1. The van der Waals surface area contributed by atoms with Gasteiger partial charge in [0.2, 0.25) is 0 Å². The van der Waals surface area contributed by atoms with Crippen LogP contribution < -0.4 is 0 Å². The molecule has 4 nitrogen and oxygen atoms in total. The van der Waals surface area contributed by atoms with Crippen LogP contribution in [-0.4, -0.2) is 40.1 Å². The minimum Gasteiger partial charge on any atom is -0.395 e. The average molecular weight is 305 g/mol. The first-order valence-electron chi connectivity index (χ1n) is 7.18. The Bertz CT molecular complexity index is 670. The molecule has 0 bridgehead atoms. The molecule has 1 N–H and O–H groups in total. The molecule has 0 aliphatic heterocycles. The zero-order valence-electron chi connectivity index (χ0n) is 11.6. The molecular weight excluding hydrogens is 288 g/mol. The fourth-order valence-corrected chi connectivity index (χ4v) is 2.91. The van der Waals surface area contributed by atoms with Crippen molar-refractivity contribution in [3.05, 3.63) is 41.0 Å². The highest BCUT2D eigenvalue weighted by molar-refractivity contribution is 6.35. The van der Waals surface area contributed by atoms with Crippen molar-refractivity contribution < 1.29 is 9.90 Å². The summed E-state index contributed by atoms with van der Waals surface area (Å²) in [5, 5.41) is 10.6. The Labute approximate surface area is 128 Å². The predicted molar refractivity (Wildman–Crippen MR) is 82.5 cm³/mol. The van der Waals surface area contributed by atoms with Crippen LogP contribution >= 0.6 is 11.6 Å². The van der Waals surface area contributed by atoms with Gasteiger partial charge in [-0.25, -0.2) is 4.98 Å². The Morgan fingerprint density at radius 2 is 2.14 bits per heavy atom. The van der Waals surface area contributed by atoms with E-state index in [1.807, 2.05) is 24.3 Å². The van der Waals surface area contributed by atoms with Crippen molar-refractivity contribution in [1.29, 1.82) is 0 Å². The molecule has 3 rings (SSSR count). The number of nitrogens with zero attached hydrogens (tertiary/aromatic N) is 2. The van der Waals surface area contributed by atoms with E-state index in [1.54, 1.807) is 11.0 Å². The van der Waals surface area contributed by atoms with Crippen molar-refractivity contribution in [2.45, 2.75) is 25.3 Å². The molecule has 1 aliphatic carbocycles. The van der Waals surface area contributed by atoms with Gasteiger partial charge >= 0.3 is 0 Å². The number of halogens is 1. The van der Waals surface area contributed by atoms with E-state index >= 15 is 0 Å². The summed E-state index contributed by atoms with van der Waals surface area (Å²) in [5.41, 5.74) is 1.06. The lowest BCUT2D eigenvalue weighted by Crippen LogP contribution is -2.45. The number of carbonyl (C=O) groups is 1. The fraction of sp³-hybridized carbons (Fsp3) is 0.375. The van der Waals surface area contributed by atoms with Crippen molar-refractivity contribution in [3.63, 3.8) is 0 Å². The van der Waals surface area contributed by atoms with E-state index in [9.17, 15) is 9.90 Å². The second kappa shape index (κ2) is 6.00. The molecule has 2 aromatic rings. The minimum absolute atomic E-state index is 0.0381. The number of aliphatic hydroxyl groups is 1. The number of hydrogen-bond acceptors (Lipinski definition) is 3. The van der Waals surface area contributed by atoms with Gasteiger partial charge in [0.25, 0.3) is 5.91 Å². The van der Waals surface area contributed by atoms with Gasteiger partial charge in [-0.15, -0.1) is 0 Å². The van der Waals surface area contributed by atoms with Crippen LogP contribution in [0, 0.1) is 0 Å². The lowest BCUT2D eigenvalue weighted by atomic mass is 9.91. The van der Waals surface area contributed by atoms with Crippen LogP contribution in [0.3, 0.4) is 0 Å². The second-order valence-electron chi connectivity index (χ2n) is 5.31. The Morgan fingerprint density at radius 1 is 1.38 bits per heavy atom. The quantitative estimate of drug-likeness (QED) is 0.945. The molecule has 0 spiro atoms. The van der Waals surface area contributed by atoms with Gasteiger partial charge in [0, 0.05) is 18.0 Å². The smallest absolute Gasteiger partial charge is 0.272 e. The zero-order valence-corrected chi connectivity index (χ0v) is 12.4. The van der Waals surface area contributed by atoms with Crippen LogP contribution in [0.1, 0.15) is 29.8 Å². The van der Waals surface area contributed by atoms with Crippen molar-refractivity contribution in [1.82, 2.24) is 9.88 Å². The third-order valence-electron chi connectivity index (χ3n) is 4.00. The summed E-state index contributed by atoms with van der Waals surface area (Å²) >= 11 is 6.26. The van der Waals surface area contributed by atoms with Crippen LogP contribution in [0.5, 0.6) is 0 Å². The molecule has 5 heteroatoms. The molecule has 1 aromatic heterocycles.